The van der Waals surface area contributed by atoms with E-state index in [1.165, 1.54) is 18.6 Å². The molecular formula is C17H23F3O. The molecule has 3 unspecified atom stereocenters. The first-order chi connectivity index (χ1) is 9.91. The molecule has 4 heteroatoms. The Morgan fingerprint density at radius 2 is 1.76 bits per heavy atom. The molecule has 1 nitrogen and oxygen atoms in total. The van der Waals surface area contributed by atoms with Gasteiger partial charge >= 0.3 is 6.18 Å². The number of hydrogen-bond acceptors (Lipinski definition) is 1. The van der Waals surface area contributed by atoms with Crippen molar-refractivity contribution in [3.63, 3.8) is 0 Å². The fourth-order valence-electron chi connectivity index (χ4n) is 3.47. The van der Waals surface area contributed by atoms with Crippen molar-refractivity contribution < 1.29 is 18.3 Å². The normalized spacial score (nSPS) is 24.8. The van der Waals surface area contributed by atoms with Crippen LogP contribution in [0.3, 0.4) is 0 Å². The molecule has 1 aromatic rings. The highest BCUT2D eigenvalue weighted by molar-refractivity contribution is 5.25. The molecule has 1 N–H and O–H groups in total. The fourth-order valence-corrected chi connectivity index (χ4v) is 3.47. The number of benzene rings is 1. The number of halogens is 3. The van der Waals surface area contributed by atoms with Crippen LogP contribution in [0.2, 0.25) is 0 Å². The summed E-state index contributed by atoms with van der Waals surface area (Å²) in [5, 5.41) is 10.4. The number of rotatable bonds is 4. The van der Waals surface area contributed by atoms with Crippen molar-refractivity contribution in [3.8, 4) is 0 Å². The van der Waals surface area contributed by atoms with Crippen LogP contribution < -0.4 is 0 Å². The maximum Gasteiger partial charge on any atom is 0.416 e. The SMILES string of the molecule is CCC1CCCCC1C(O)Cc1ccc(C(F)(F)F)cc1. The largest absolute Gasteiger partial charge is 0.416 e. The first-order valence-electron chi connectivity index (χ1n) is 7.76. The van der Waals surface area contributed by atoms with E-state index in [1.54, 1.807) is 0 Å². The van der Waals surface area contributed by atoms with Gasteiger partial charge in [-0.25, -0.2) is 0 Å². The number of hydrogen-bond donors (Lipinski definition) is 1. The molecule has 1 aliphatic carbocycles. The van der Waals surface area contributed by atoms with Crippen molar-refractivity contribution in [2.75, 3.05) is 0 Å². The third kappa shape index (κ3) is 4.22. The third-order valence-corrected chi connectivity index (χ3v) is 4.71. The molecule has 21 heavy (non-hydrogen) atoms. The van der Waals surface area contributed by atoms with Gasteiger partial charge in [-0.15, -0.1) is 0 Å². The van der Waals surface area contributed by atoms with Crippen LogP contribution in [0.15, 0.2) is 24.3 Å². The standard InChI is InChI=1S/C17H23F3O/c1-2-13-5-3-4-6-15(13)16(21)11-12-7-9-14(10-8-12)17(18,19)20/h7-10,13,15-16,21H,2-6,11H2,1H3. The Hall–Kier alpha value is -1.03. The van der Waals surface area contributed by atoms with Gasteiger partial charge in [-0.1, -0.05) is 44.7 Å². The van der Waals surface area contributed by atoms with E-state index in [9.17, 15) is 18.3 Å². The summed E-state index contributed by atoms with van der Waals surface area (Å²) < 4.78 is 37.6. The Morgan fingerprint density at radius 1 is 1.14 bits per heavy atom. The van der Waals surface area contributed by atoms with Crippen LogP contribution in [0.4, 0.5) is 13.2 Å². The van der Waals surface area contributed by atoms with Crippen LogP contribution in [0, 0.1) is 11.8 Å². The minimum absolute atomic E-state index is 0.283. The molecule has 2 rings (SSSR count). The summed E-state index contributed by atoms with van der Waals surface area (Å²) in [5.41, 5.74) is 0.140. The fraction of sp³-hybridized carbons (Fsp3) is 0.647. The lowest BCUT2D eigenvalue weighted by molar-refractivity contribution is -0.137. The monoisotopic (exact) mass is 300 g/mol. The Bertz CT molecular complexity index is 438. The van der Waals surface area contributed by atoms with Gasteiger partial charge in [0.2, 0.25) is 0 Å². The molecule has 1 aromatic carbocycles. The van der Waals surface area contributed by atoms with E-state index in [0.29, 0.717) is 12.3 Å². The zero-order valence-electron chi connectivity index (χ0n) is 12.4. The number of alkyl halides is 3. The molecule has 0 bridgehead atoms. The second-order valence-corrected chi connectivity index (χ2v) is 6.08. The molecule has 1 fully saturated rings. The molecule has 1 aliphatic rings. The molecule has 0 heterocycles. The average molecular weight is 300 g/mol. The van der Waals surface area contributed by atoms with Gasteiger partial charge < -0.3 is 5.11 Å². The molecule has 0 amide bonds. The summed E-state index contributed by atoms with van der Waals surface area (Å²) in [4.78, 5) is 0. The summed E-state index contributed by atoms with van der Waals surface area (Å²) in [6.07, 6.45) is 1.31. The zero-order chi connectivity index (χ0) is 15.5. The van der Waals surface area contributed by atoms with E-state index < -0.39 is 17.8 Å². The van der Waals surface area contributed by atoms with Crippen LogP contribution in [0.5, 0.6) is 0 Å². The lowest BCUT2D eigenvalue weighted by Gasteiger charge is -2.34. The van der Waals surface area contributed by atoms with Gasteiger partial charge in [0.25, 0.3) is 0 Å². The van der Waals surface area contributed by atoms with Crippen LogP contribution in [-0.4, -0.2) is 11.2 Å². The predicted octanol–water partition coefficient (Wildman–Crippen LogP) is 4.83. The van der Waals surface area contributed by atoms with Gasteiger partial charge in [0.15, 0.2) is 0 Å². The van der Waals surface area contributed by atoms with Gasteiger partial charge in [-0.2, -0.15) is 13.2 Å². The highest BCUT2D eigenvalue weighted by Gasteiger charge is 2.31. The van der Waals surface area contributed by atoms with E-state index in [0.717, 1.165) is 43.4 Å². The van der Waals surface area contributed by atoms with Gasteiger partial charge in [0.1, 0.15) is 0 Å². The molecule has 0 aromatic heterocycles. The Balaban J connectivity index is 2.00. The third-order valence-electron chi connectivity index (χ3n) is 4.71. The van der Waals surface area contributed by atoms with Crippen molar-refractivity contribution in [3.05, 3.63) is 35.4 Å². The summed E-state index contributed by atoms with van der Waals surface area (Å²) in [6, 6.07) is 5.16. The van der Waals surface area contributed by atoms with Crippen LogP contribution in [0.25, 0.3) is 0 Å². The maximum absolute atomic E-state index is 12.5. The van der Waals surface area contributed by atoms with Crippen molar-refractivity contribution in [1.29, 1.82) is 0 Å². The molecule has 0 radical (unpaired) electrons. The van der Waals surface area contributed by atoms with Crippen molar-refractivity contribution in [2.24, 2.45) is 11.8 Å². The first kappa shape index (κ1) is 16.3. The topological polar surface area (TPSA) is 20.2 Å². The number of aliphatic hydroxyl groups excluding tert-OH is 1. The Kier molecular flexibility index (Phi) is 5.31. The van der Waals surface area contributed by atoms with Crippen molar-refractivity contribution >= 4 is 0 Å². The predicted molar refractivity (Wildman–Crippen MR) is 76.9 cm³/mol. The van der Waals surface area contributed by atoms with Crippen LogP contribution in [0.1, 0.15) is 50.2 Å². The summed E-state index contributed by atoms with van der Waals surface area (Å²) in [5.74, 6) is 0.828. The van der Waals surface area contributed by atoms with Gasteiger partial charge in [0, 0.05) is 0 Å². The maximum atomic E-state index is 12.5. The van der Waals surface area contributed by atoms with E-state index in [2.05, 4.69) is 6.92 Å². The molecular weight excluding hydrogens is 277 g/mol. The Labute approximate surface area is 124 Å². The highest BCUT2D eigenvalue weighted by Crippen LogP contribution is 2.35. The average Bonchev–Trinajstić information content (AvgIpc) is 2.46. The van der Waals surface area contributed by atoms with Crippen LogP contribution >= 0.6 is 0 Å². The number of aliphatic hydroxyl groups is 1. The lowest BCUT2D eigenvalue weighted by Crippen LogP contribution is -2.32. The second kappa shape index (κ2) is 6.82. The molecule has 118 valence electrons. The lowest BCUT2D eigenvalue weighted by atomic mass is 9.74. The van der Waals surface area contributed by atoms with E-state index in [-0.39, 0.29) is 5.92 Å². The van der Waals surface area contributed by atoms with E-state index in [1.807, 2.05) is 0 Å². The van der Waals surface area contributed by atoms with E-state index in [4.69, 9.17) is 0 Å². The molecule has 3 atom stereocenters. The quantitative estimate of drug-likeness (QED) is 0.844. The van der Waals surface area contributed by atoms with Gasteiger partial charge in [-0.05, 0) is 42.4 Å². The molecule has 1 saturated carbocycles. The highest BCUT2D eigenvalue weighted by atomic mass is 19.4. The zero-order valence-corrected chi connectivity index (χ0v) is 12.4. The first-order valence-corrected chi connectivity index (χ1v) is 7.76. The van der Waals surface area contributed by atoms with Crippen molar-refractivity contribution in [1.82, 2.24) is 0 Å². The molecule has 0 aliphatic heterocycles. The summed E-state index contributed by atoms with van der Waals surface area (Å²) >= 11 is 0. The minimum Gasteiger partial charge on any atom is -0.392 e. The van der Waals surface area contributed by atoms with E-state index >= 15 is 0 Å². The Morgan fingerprint density at radius 3 is 2.33 bits per heavy atom. The summed E-state index contributed by atoms with van der Waals surface area (Å²) in [6.45, 7) is 2.15. The van der Waals surface area contributed by atoms with Gasteiger partial charge in [-0.3, -0.25) is 0 Å². The second-order valence-electron chi connectivity index (χ2n) is 6.08. The summed E-state index contributed by atoms with van der Waals surface area (Å²) in [7, 11) is 0. The molecule has 0 saturated heterocycles. The smallest absolute Gasteiger partial charge is 0.392 e. The van der Waals surface area contributed by atoms with Crippen LogP contribution in [-0.2, 0) is 12.6 Å². The van der Waals surface area contributed by atoms with Crippen molar-refractivity contribution in [2.45, 2.75) is 57.7 Å². The minimum atomic E-state index is -4.30. The molecule has 0 spiro atoms. The van der Waals surface area contributed by atoms with Gasteiger partial charge in [0.05, 0.1) is 11.7 Å².